The lowest BCUT2D eigenvalue weighted by atomic mass is 10.1. The molecule has 0 spiro atoms. The number of nitrogens with zero attached hydrogens (tertiary/aromatic N) is 2. The molecular weight excluding hydrogens is 210 g/mol. The summed E-state index contributed by atoms with van der Waals surface area (Å²) in [6.07, 6.45) is 0. The molecule has 0 aromatic heterocycles. The van der Waals surface area contributed by atoms with Gasteiger partial charge in [0.05, 0.1) is 0 Å². The largest absolute Gasteiger partial charge is 0.311 e. The van der Waals surface area contributed by atoms with E-state index in [2.05, 4.69) is 45.4 Å². The summed E-state index contributed by atoms with van der Waals surface area (Å²) in [5.74, 6) is 0. The molecule has 1 aromatic carbocycles. The van der Waals surface area contributed by atoms with Crippen LogP contribution >= 0.6 is 0 Å². The minimum absolute atomic E-state index is 0.723. The lowest BCUT2D eigenvalue weighted by Gasteiger charge is -2.47. The van der Waals surface area contributed by atoms with E-state index in [4.69, 9.17) is 0 Å². The van der Waals surface area contributed by atoms with Crippen LogP contribution in [0.5, 0.6) is 0 Å². The Hall–Kier alpha value is -0.900. The molecular formula is C14H21N3. The molecule has 3 heterocycles. The van der Waals surface area contributed by atoms with Gasteiger partial charge in [-0.2, -0.15) is 0 Å². The summed E-state index contributed by atoms with van der Waals surface area (Å²) in [4.78, 5) is 5.23. The number of fused-ring (bicyclic) bond motifs is 3. The van der Waals surface area contributed by atoms with E-state index in [9.17, 15) is 0 Å². The van der Waals surface area contributed by atoms with Crippen LogP contribution in [-0.4, -0.2) is 55.1 Å². The van der Waals surface area contributed by atoms with E-state index < -0.39 is 0 Å². The van der Waals surface area contributed by atoms with E-state index in [0.29, 0.717) is 0 Å². The van der Waals surface area contributed by atoms with Crippen molar-refractivity contribution in [3.8, 4) is 0 Å². The second-order valence-corrected chi connectivity index (χ2v) is 5.11. The zero-order chi connectivity index (χ0) is 11.5. The highest BCUT2D eigenvalue weighted by atomic mass is 15.3. The number of hydrogen-bond donors (Lipinski definition) is 1. The predicted molar refractivity (Wildman–Crippen MR) is 69.9 cm³/mol. The quantitative estimate of drug-likeness (QED) is 0.826. The normalized spacial score (nSPS) is 31.6. The lowest BCUT2D eigenvalue weighted by Crippen LogP contribution is -2.63. The Morgan fingerprint density at radius 1 is 1.06 bits per heavy atom. The smallest absolute Gasteiger partial charge is 0.0349 e. The van der Waals surface area contributed by atoms with Crippen LogP contribution in [0.25, 0.3) is 0 Å². The Morgan fingerprint density at radius 3 is 2.47 bits per heavy atom. The average molecular weight is 231 g/mol. The van der Waals surface area contributed by atoms with Crippen molar-refractivity contribution in [2.45, 2.75) is 12.6 Å². The van der Waals surface area contributed by atoms with Crippen molar-refractivity contribution in [2.75, 3.05) is 39.3 Å². The fourth-order valence-corrected chi connectivity index (χ4v) is 2.90. The van der Waals surface area contributed by atoms with E-state index in [1.165, 1.54) is 38.3 Å². The summed E-state index contributed by atoms with van der Waals surface area (Å²) in [7, 11) is 0. The van der Waals surface area contributed by atoms with Crippen molar-refractivity contribution in [3.05, 3.63) is 35.9 Å². The molecule has 0 aliphatic carbocycles. The van der Waals surface area contributed by atoms with E-state index in [-0.39, 0.29) is 0 Å². The first kappa shape index (κ1) is 11.2. The Morgan fingerprint density at radius 2 is 1.82 bits per heavy atom. The summed E-state index contributed by atoms with van der Waals surface area (Å²) in [5.41, 5.74) is 1.38. The highest BCUT2D eigenvalue weighted by molar-refractivity contribution is 5.14. The molecule has 3 heteroatoms. The Labute approximate surface area is 103 Å². The van der Waals surface area contributed by atoms with Crippen molar-refractivity contribution < 1.29 is 0 Å². The second-order valence-electron chi connectivity index (χ2n) is 5.11. The fourth-order valence-electron chi connectivity index (χ4n) is 2.90. The van der Waals surface area contributed by atoms with Crippen LogP contribution in [-0.2, 0) is 6.54 Å². The van der Waals surface area contributed by atoms with E-state index in [0.717, 1.165) is 19.1 Å². The maximum atomic E-state index is 3.59. The van der Waals surface area contributed by atoms with Gasteiger partial charge in [-0.05, 0) is 5.56 Å². The maximum absolute atomic E-state index is 3.59. The van der Waals surface area contributed by atoms with Crippen molar-refractivity contribution >= 4 is 0 Å². The number of piperazine rings is 3. The third-order valence-electron chi connectivity index (χ3n) is 3.94. The predicted octanol–water partition coefficient (Wildman–Crippen LogP) is 0.776. The highest BCUT2D eigenvalue weighted by Gasteiger charge is 2.31. The lowest BCUT2D eigenvalue weighted by molar-refractivity contribution is 0.0136. The van der Waals surface area contributed by atoms with Crippen LogP contribution in [0.4, 0.5) is 0 Å². The van der Waals surface area contributed by atoms with Gasteiger partial charge in [-0.3, -0.25) is 9.80 Å². The molecule has 3 saturated heterocycles. The van der Waals surface area contributed by atoms with Crippen molar-refractivity contribution in [1.82, 2.24) is 15.1 Å². The van der Waals surface area contributed by atoms with Gasteiger partial charge in [0, 0.05) is 51.9 Å². The van der Waals surface area contributed by atoms with Crippen molar-refractivity contribution in [1.29, 1.82) is 0 Å². The first-order chi connectivity index (χ1) is 8.42. The van der Waals surface area contributed by atoms with E-state index in [1.54, 1.807) is 0 Å². The standard InChI is InChI=1S/C14H21N3/c1-2-4-13(5-3-1)10-15-11-14-12-16-6-8-17(14)9-7-16/h1-5,14-15H,6-12H2. The molecule has 1 unspecified atom stereocenters. The Bertz CT molecular complexity index is 344. The SMILES string of the molecule is c1ccc(CNCC2CN3CCN2CC3)cc1. The molecule has 3 fully saturated rings. The van der Waals surface area contributed by atoms with Crippen LogP contribution in [0.3, 0.4) is 0 Å². The third-order valence-corrected chi connectivity index (χ3v) is 3.94. The molecule has 17 heavy (non-hydrogen) atoms. The maximum Gasteiger partial charge on any atom is 0.0349 e. The molecule has 1 aromatic rings. The molecule has 0 amide bonds. The van der Waals surface area contributed by atoms with Crippen LogP contribution in [0, 0.1) is 0 Å². The summed E-state index contributed by atoms with van der Waals surface area (Å²) in [6, 6.07) is 11.4. The third kappa shape index (κ3) is 2.68. The second kappa shape index (κ2) is 5.17. The molecule has 3 aliphatic heterocycles. The zero-order valence-electron chi connectivity index (χ0n) is 10.3. The first-order valence-corrected chi connectivity index (χ1v) is 6.63. The molecule has 1 atom stereocenters. The molecule has 3 nitrogen and oxygen atoms in total. The summed E-state index contributed by atoms with van der Waals surface area (Å²) in [6.45, 7) is 8.43. The van der Waals surface area contributed by atoms with Crippen LogP contribution in [0.2, 0.25) is 0 Å². The van der Waals surface area contributed by atoms with Crippen molar-refractivity contribution in [2.24, 2.45) is 0 Å². The summed E-state index contributed by atoms with van der Waals surface area (Å²) >= 11 is 0. The molecule has 4 rings (SSSR count). The molecule has 2 bridgehead atoms. The number of hydrogen-bond acceptors (Lipinski definition) is 3. The van der Waals surface area contributed by atoms with Gasteiger partial charge in [0.2, 0.25) is 0 Å². The minimum atomic E-state index is 0.723. The van der Waals surface area contributed by atoms with Gasteiger partial charge in [0.1, 0.15) is 0 Å². The molecule has 0 saturated carbocycles. The molecule has 3 aliphatic rings. The minimum Gasteiger partial charge on any atom is -0.311 e. The van der Waals surface area contributed by atoms with Crippen LogP contribution in [0.1, 0.15) is 5.56 Å². The Kier molecular flexibility index (Phi) is 3.41. The monoisotopic (exact) mass is 231 g/mol. The van der Waals surface area contributed by atoms with Gasteiger partial charge < -0.3 is 5.32 Å². The van der Waals surface area contributed by atoms with Gasteiger partial charge >= 0.3 is 0 Å². The molecule has 0 radical (unpaired) electrons. The Balaban J connectivity index is 1.46. The number of rotatable bonds is 4. The summed E-state index contributed by atoms with van der Waals surface area (Å²) in [5, 5.41) is 3.59. The topological polar surface area (TPSA) is 18.5 Å². The van der Waals surface area contributed by atoms with Gasteiger partial charge in [0.25, 0.3) is 0 Å². The van der Waals surface area contributed by atoms with Gasteiger partial charge in [0.15, 0.2) is 0 Å². The van der Waals surface area contributed by atoms with Gasteiger partial charge in [-0.25, -0.2) is 0 Å². The van der Waals surface area contributed by atoms with Crippen molar-refractivity contribution in [3.63, 3.8) is 0 Å². The highest BCUT2D eigenvalue weighted by Crippen LogP contribution is 2.14. The first-order valence-electron chi connectivity index (χ1n) is 6.63. The summed E-state index contributed by atoms with van der Waals surface area (Å²) < 4.78 is 0. The van der Waals surface area contributed by atoms with Crippen LogP contribution in [0.15, 0.2) is 30.3 Å². The van der Waals surface area contributed by atoms with Gasteiger partial charge in [-0.1, -0.05) is 30.3 Å². The molecule has 92 valence electrons. The number of nitrogens with one attached hydrogen (secondary N) is 1. The number of benzene rings is 1. The molecule has 1 N–H and O–H groups in total. The van der Waals surface area contributed by atoms with Crippen LogP contribution < -0.4 is 5.32 Å². The zero-order valence-corrected chi connectivity index (χ0v) is 10.3. The van der Waals surface area contributed by atoms with E-state index >= 15 is 0 Å². The van der Waals surface area contributed by atoms with E-state index in [1.807, 2.05) is 0 Å². The fraction of sp³-hybridized carbons (Fsp3) is 0.571. The van der Waals surface area contributed by atoms with Gasteiger partial charge in [-0.15, -0.1) is 0 Å². The average Bonchev–Trinajstić information content (AvgIpc) is 2.41.